The second-order valence-electron chi connectivity index (χ2n) is 5.27. The smallest absolute Gasteiger partial charge is 0.0702 e. The van der Waals surface area contributed by atoms with Gasteiger partial charge in [0.25, 0.3) is 0 Å². The van der Waals surface area contributed by atoms with Gasteiger partial charge in [0.05, 0.1) is 5.52 Å². The molecule has 1 heterocycles. The summed E-state index contributed by atoms with van der Waals surface area (Å²) >= 11 is 5.93. The number of hydrogen-bond donors (Lipinski definition) is 0. The number of rotatable bonds is 5. The third-order valence-corrected chi connectivity index (χ3v) is 4.18. The lowest BCUT2D eigenvalue weighted by Gasteiger charge is -2.37. The van der Waals surface area contributed by atoms with Crippen LogP contribution >= 0.6 is 11.6 Å². The van der Waals surface area contributed by atoms with E-state index in [2.05, 4.69) is 34.1 Å². The molecule has 1 fully saturated rings. The Morgan fingerprint density at radius 1 is 1.26 bits per heavy atom. The van der Waals surface area contributed by atoms with E-state index in [1.165, 1.54) is 30.2 Å². The van der Waals surface area contributed by atoms with Crippen LogP contribution in [0.2, 0.25) is 0 Å². The van der Waals surface area contributed by atoms with Crippen molar-refractivity contribution in [2.75, 3.05) is 12.4 Å². The molecule has 19 heavy (non-hydrogen) atoms. The summed E-state index contributed by atoms with van der Waals surface area (Å²) in [6, 6.07) is 11.4. The Morgan fingerprint density at radius 3 is 2.89 bits per heavy atom. The second-order valence-corrected chi connectivity index (χ2v) is 5.65. The highest BCUT2D eigenvalue weighted by molar-refractivity contribution is 6.18. The summed E-state index contributed by atoms with van der Waals surface area (Å²) in [7, 11) is 0. The fraction of sp³-hybridized carbons (Fsp3) is 0.438. The van der Waals surface area contributed by atoms with Crippen LogP contribution in [-0.4, -0.2) is 28.4 Å². The van der Waals surface area contributed by atoms with Gasteiger partial charge in [0.15, 0.2) is 0 Å². The van der Waals surface area contributed by atoms with Crippen LogP contribution in [0.15, 0.2) is 36.5 Å². The van der Waals surface area contributed by atoms with Gasteiger partial charge in [0.1, 0.15) is 0 Å². The van der Waals surface area contributed by atoms with Gasteiger partial charge in [-0.3, -0.25) is 9.88 Å². The van der Waals surface area contributed by atoms with Gasteiger partial charge in [0.2, 0.25) is 0 Å². The van der Waals surface area contributed by atoms with Crippen LogP contribution in [0.1, 0.15) is 24.8 Å². The number of fused-ring (bicyclic) bond motifs is 1. The van der Waals surface area contributed by atoms with E-state index >= 15 is 0 Å². The highest BCUT2D eigenvalue weighted by atomic mass is 35.5. The lowest BCUT2D eigenvalue weighted by Crippen LogP contribution is -2.40. The molecule has 0 radical (unpaired) electrons. The summed E-state index contributed by atoms with van der Waals surface area (Å²) in [5, 5.41) is 1.22. The Morgan fingerprint density at radius 2 is 2.16 bits per heavy atom. The number of alkyl halides is 1. The van der Waals surface area contributed by atoms with Gasteiger partial charge >= 0.3 is 0 Å². The minimum Gasteiger partial charge on any atom is -0.295 e. The summed E-state index contributed by atoms with van der Waals surface area (Å²) < 4.78 is 0. The second kappa shape index (κ2) is 5.89. The fourth-order valence-corrected chi connectivity index (χ4v) is 2.93. The number of pyridine rings is 1. The van der Waals surface area contributed by atoms with Crippen LogP contribution in [0, 0.1) is 0 Å². The Kier molecular flexibility index (Phi) is 4.00. The number of nitrogens with zero attached hydrogens (tertiary/aromatic N) is 2. The molecule has 0 N–H and O–H groups in total. The van der Waals surface area contributed by atoms with Gasteiger partial charge in [-0.15, -0.1) is 11.6 Å². The van der Waals surface area contributed by atoms with Crippen molar-refractivity contribution in [3.05, 3.63) is 42.1 Å². The van der Waals surface area contributed by atoms with E-state index in [-0.39, 0.29) is 0 Å². The van der Waals surface area contributed by atoms with Crippen molar-refractivity contribution < 1.29 is 0 Å². The van der Waals surface area contributed by atoms with Crippen molar-refractivity contribution in [1.29, 1.82) is 0 Å². The molecule has 3 rings (SSSR count). The van der Waals surface area contributed by atoms with E-state index in [1.54, 1.807) is 0 Å². The Balaban J connectivity index is 1.78. The molecular weight excluding hydrogens is 256 g/mol. The van der Waals surface area contributed by atoms with E-state index in [0.717, 1.165) is 24.6 Å². The first-order chi connectivity index (χ1) is 9.36. The van der Waals surface area contributed by atoms with Crippen LogP contribution in [-0.2, 0) is 6.54 Å². The molecule has 0 saturated heterocycles. The molecule has 1 aliphatic carbocycles. The molecule has 1 aromatic heterocycles. The quantitative estimate of drug-likeness (QED) is 0.771. The predicted molar refractivity (Wildman–Crippen MR) is 80.5 cm³/mol. The summed E-state index contributed by atoms with van der Waals surface area (Å²) in [5.74, 6) is 0.714. The third kappa shape index (κ3) is 2.90. The van der Waals surface area contributed by atoms with Crippen molar-refractivity contribution in [3.8, 4) is 0 Å². The highest BCUT2D eigenvalue weighted by Crippen LogP contribution is 2.26. The van der Waals surface area contributed by atoms with Gasteiger partial charge in [-0.25, -0.2) is 0 Å². The molecule has 2 nitrogen and oxygen atoms in total. The van der Waals surface area contributed by atoms with Crippen LogP contribution < -0.4 is 0 Å². The van der Waals surface area contributed by atoms with Crippen molar-refractivity contribution in [1.82, 2.24) is 9.88 Å². The first kappa shape index (κ1) is 12.9. The number of halogens is 1. The van der Waals surface area contributed by atoms with Crippen LogP contribution in [0.5, 0.6) is 0 Å². The summed E-state index contributed by atoms with van der Waals surface area (Å²) in [6.45, 7) is 1.99. The maximum atomic E-state index is 5.93. The zero-order valence-electron chi connectivity index (χ0n) is 11.1. The zero-order valence-corrected chi connectivity index (χ0v) is 11.8. The SMILES string of the molecule is ClCCN(Cc1ccc2ncccc2c1)C1CCC1. The van der Waals surface area contributed by atoms with E-state index in [4.69, 9.17) is 11.6 Å². The van der Waals surface area contributed by atoms with Gasteiger partial charge < -0.3 is 0 Å². The molecule has 0 bridgehead atoms. The largest absolute Gasteiger partial charge is 0.295 e. The van der Waals surface area contributed by atoms with E-state index in [9.17, 15) is 0 Å². The molecule has 1 aliphatic rings. The van der Waals surface area contributed by atoms with Gasteiger partial charge in [-0.2, -0.15) is 0 Å². The van der Waals surface area contributed by atoms with E-state index in [1.807, 2.05) is 12.3 Å². The molecular formula is C16H19ClN2. The van der Waals surface area contributed by atoms with E-state index < -0.39 is 0 Å². The molecule has 1 saturated carbocycles. The number of aromatic nitrogens is 1. The Hall–Kier alpha value is -1.12. The van der Waals surface area contributed by atoms with Crippen LogP contribution in [0.25, 0.3) is 10.9 Å². The standard InChI is InChI=1S/C16H19ClN2/c17-8-10-19(15-4-1-5-15)12-13-6-7-16-14(11-13)3-2-9-18-16/h2-3,6-7,9,11,15H,1,4-5,8,10,12H2. The molecule has 1 aromatic carbocycles. The molecule has 0 amide bonds. The molecule has 0 unspecified atom stereocenters. The topological polar surface area (TPSA) is 16.1 Å². The van der Waals surface area contributed by atoms with Gasteiger partial charge in [-0.05, 0) is 36.6 Å². The minimum atomic E-state index is 0.714. The summed E-state index contributed by atoms with van der Waals surface area (Å²) in [4.78, 5) is 6.89. The van der Waals surface area contributed by atoms with Crippen LogP contribution in [0.3, 0.4) is 0 Å². The fourth-order valence-electron chi connectivity index (χ4n) is 2.71. The normalized spacial score (nSPS) is 15.9. The molecule has 0 aliphatic heterocycles. The molecule has 2 aromatic rings. The zero-order chi connectivity index (χ0) is 13.1. The lowest BCUT2D eigenvalue weighted by molar-refractivity contribution is 0.127. The maximum Gasteiger partial charge on any atom is 0.0702 e. The van der Waals surface area contributed by atoms with Crippen molar-refractivity contribution in [2.45, 2.75) is 31.8 Å². The summed E-state index contributed by atoms with van der Waals surface area (Å²) in [6.07, 6.45) is 5.86. The average Bonchev–Trinajstić information content (AvgIpc) is 2.37. The molecule has 100 valence electrons. The van der Waals surface area contributed by atoms with Crippen molar-refractivity contribution in [3.63, 3.8) is 0 Å². The molecule has 0 spiro atoms. The third-order valence-electron chi connectivity index (χ3n) is 4.02. The van der Waals surface area contributed by atoms with Gasteiger partial charge in [0, 0.05) is 36.6 Å². The average molecular weight is 275 g/mol. The minimum absolute atomic E-state index is 0.714. The highest BCUT2D eigenvalue weighted by Gasteiger charge is 2.24. The van der Waals surface area contributed by atoms with Crippen molar-refractivity contribution in [2.24, 2.45) is 0 Å². The lowest BCUT2D eigenvalue weighted by atomic mass is 9.91. The first-order valence-electron chi connectivity index (χ1n) is 7.00. The molecule has 0 atom stereocenters. The Bertz CT molecular complexity index is 551. The summed E-state index contributed by atoms with van der Waals surface area (Å²) in [5.41, 5.74) is 2.43. The number of hydrogen-bond acceptors (Lipinski definition) is 2. The number of benzene rings is 1. The molecule has 3 heteroatoms. The first-order valence-corrected chi connectivity index (χ1v) is 7.54. The predicted octanol–water partition coefficient (Wildman–Crippen LogP) is 3.83. The maximum absolute atomic E-state index is 5.93. The van der Waals surface area contributed by atoms with Crippen molar-refractivity contribution >= 4 is 22.5 Å². The Labute approximate surface area is 119 Å². The monoisotopic (exact) mass is 274 g/mol. The van der Waals surface area contributed by atoms with Gasteiger partial charge in [-0.1, -0.05) is 18.6 Å². The van der Waals surface area contributed by atoms with E-state index in [0.29, 0.717) is 5.88 Å². The van der Waals surface area contributed by atoms with Crippen LogP contribution in [0.4, 0.5) is 0 Å².